The lowest BCUT2D eigenvalue weighted by molar-refractivity contribution is -0.127. The normalized spacial score (nSPS) is 23.4. The average Bonchev–Trinajstić information content (AvgIpc) is 3.35. The highest BCUT2D eigenvalue weighted by Gasteiger charge is 2.49. The maximum Gasteiger partial charge on any atom is 0.253 e. The number of carbonyl (C=O) groups is 2. The topological polar surface area (TPSA) is 79.8 Å². The smallest absolute Gasteiger partial charge is 0.253 e. The van der Waals surface area contributed by atoms with E-state index in [9.17, 15) is 9.59 Å². The number of hydrazone groups is 1. The molecule has 1 aromatic carbocycles. The average molecular weight is 315 g/mol. The summed E-state index contributed by atoms with van der Waals surface area (Å²) in [5, 5.41) is 7.03. The first-order valence-corrected chi connectivity index (χ1v) is 8.04. The Hall–Kier alpha value is -2.21. The molecule has 2 aliphatic rings. The summed E-state index contributed by atoms with van der Waals surface area (Å²) in [5.41, 5.74) is 5.20. The van der Waals surface area contributed by atoms with Crippen molar-refractivity contribution < 1.29 is 14.3 Å². The van der Waals surface area contributed by atoms with E-state index in [1.165, 1.54) is 0 Å². The maximum atomic E-state index is 12.1. The maximum absolute atomic E-state index is 12.1. The van der Waals surface area contributed by atoms with Gasteiger partial charge in [-0.25, -0.2) is 5.43 Å². The van der Waals surface area contributed by atoms with Gasteiger partial charge in [-0.15, -0.1) is 0 Å². The number of benzene rings is 1. The standard InChI is InChI=1S/C17H21N3O3/c1-3-14(23-4-2)17(22)18-11-7-5-10(6-8-11)15-12-9-13(12)16(21)20-19-15/h5-8,12-14H,3-4,9H2,1-2H3,(H,18,22)(H,20,21). The summed E-state index contributed by atoms with van der Waals surface area (Å²) in [5.74, 6) is 0.209. The Morgan fingerprint density at radius 3 is 2.74 bits per heavy atom. The van der Waals surface area contributed by atoms with Crippen LogP contribution in [0.25, 0.3) is 0 Å². The number of rotatable bonds is 6. The van der Waals surface area contributed by atoms with E-state index in [2.05, 4.69) is 15.8 Å². The molecule has 3 unspecified atom stereocenters. The minimum Gasteiger partial charge on any atom is -0.369 e. The Balaban J connectivity index is 1.66. The van der Waals surface area contributed by atoms with Gasteiger partial charge in [0.1, 0.15) is 6.10 Å². The monoisotopic (exact) mass is 315 g/mol. The molecule has 23 heavy (non-hydrogen) atoms. The van der Waals surface area contributed by atoms with Gasteiger partial charge in [0, 0.05) is 24.1 Å². The minimum absolute atomic E-state index is 0.0177. The Kier molecular flexibility index (Phi) is 4.43. The van der Waals surface area contributed by atoms with E-state index >= 15 is 0 Å². The molecule has 3 rings (SSSR count). The Bertz CT molecular complexity index is 639. The number of anilines is 1. The molecular formula is C17H21N3O3. The van der Waals surface area contributed by atoms with Crippen LogP contribution in [0.15, 0.2) is 29.4 Å². The number of ether oxygens (including phenoxy) is 1. The molecule has 1 aromatic rings. The summed E-state index contributed by atoms with van der Waals surface area (Å²) < 4.78 is 5.40. The zero-order valence-electron chi connectivity index (χ0n) is 13.3. The van der Waals surface area contributed by atoms with Crippen LogP contribution in [0.2, 0.25) is 0 Å². The number of amides is 2. The number of carbonyl (C=O) groups excluding carboxylic acids is 2. The molecule has 0 saturated heterocycles. The summed E-state index contributed by atoms with van der Waals surface area (Å²) in [4.78, 5) is 23.6. The van der Waals surface area contributed by atoms with Gasteiger partial charge in [-0.1, -0.05) is 19.1 Å². The summed E-state index contributed by atoms with van der Waals surface area (Å²) in [6.45, 7) is 4.31. The van der Waals surface area contributed by atoms with Crippen molar-refractivity contribution in [1.82, 2.24) is 5.43 Å². The van der Waals surface area contributed by atoms with Crippen LogP contribution in [0.3, 0.4) is 0 Å². The van der Waals surface area contributed by atoms with Crippen molar-refractivity contribution >= 4 is 23.2 Å². The molecule has 2 amide bonds. The van der Waals surface area contributed by atoms with E-state index in [0.717, 1.165) is 23.4 Å². The van der Waals surface area contributed by atoms with Crippen LogP contribution in [0.5, 0.6) is 0 Å². The third-order valence-electron chi connectivity index (χ3n) is 4.24. The zero-order chi connectivity index (χ0) is 16.4. The van der Waals surface area contributed by atoms with Gasteiger partial charge in [-0.3, -0.25) is 9.59 Å². The van der Waals surface area contributed by atoms with Gasteiger partial charge in [-0.2, -0.15) is 5.10 Å². The van der Waals surface area contributed by atoms with E-state index < -0.39 is 6.10 Å². The highest BCUT2D eigenvalue weighted by Crippen LogP contribution is 2.43. The molecule has 0 spiro atoms. The van der Waals surface area contributed by atoms with Crippen molar-refractivity contribution in [3.8, 4) is 0 Å². The molecule has 122 valence electrons. The Morgan fingerprint density at radius 1 is 1.35 bits per heavy atom. The van der Waals surface area contributed by atoms with Crippen LogP contribution in [-0.2, 0) is 14.3 Å². The molecule has 1 aliphatic heterocycles. The lowest BCUT2D eigenvalue weighted by atomic mass is 10.0. The highest BCUT2D eigenvalue weighted by atomic mass is 16.5. The predicted molar refractivity (Wildman–Crippen MR) is 87.1 cm³/mol. The molecule has 6 nitrogen and oxygen atoms in total. The van der Waals surface area contributed by atoms with Gasteiger partial charge in [0.25, 0.3) is 5.91 Å². The highest BCUT2D eigenvalue weighted by molar-refractivity contribution is 6.09. The van der Waals surface area contributed by atoms with Gasteiger partial charge in [-0.05, 0) is 37.5 Å². The molecular weight excluding hydrogens is 294 g/mol. The van der Waals surface area contributed by atoms with Crippen LogP contribution < -0.4 is 10.7 Å². The third kappa shape index (κ3) is 3.27. The summed E-state index contributed by atoms with van der Waals surface area (Å²) in [6, 6.07) is 7.54. The molecule has 1 heterocycles. The lowest BCUT2D eigenvalue weighted by Crippen LogP contribution is -2.30. The van der Waals surface area contributed by atoms with Crippen molar-refractivity contribution in [3.63, 3.8) is 0 Å². The van der Waals surface area contributed by atoms with Crippen LogP contribution >= 0.6 is 0 Å². The van der Waals surface area contributed by atoms with Crippen molar-refractivity contribution in [2.75, 3.05) is 11.9 Å². The SMILES string of the molecule is CCOC(CC)C(=O)Nc1ccc(C2=NNC(=O)C3CC23)cc1. The molecule has 6 heteroatoms. The van der Waals surface area contributed by atoms with Crippen LogP contribution in [0.4, 0.5) is 5.69 Å². The molecule has 2 N–H and O–H groups in total. The molecule has 0 aromatic heterocycles. The lowest BCUT2D eigenvalue weighted by Gasteiger charge is -2.15. The second kappa shape index (κ2) is 6.50. The number of nitrogens with zero attached hydrogens (tertiary/aromatic N) is 1. The fraction of sp³-hybridized carbons (Fsp3) is 0.471. The fourth-order valence-corrected chi connectivity index (χ4v) is 2.87. The first-order valence-electron chi connectivity index (χ1n) is 8.04. The summed E-state index contributed by atoms with van der Waals surface area (Å²) >= 11 is 0. The third-order valence-corrected chi connectivity index (χ3v) is 4.24. The molecule has 1 fully saturated rings. The summed E-state index contributed by atoms with van der Waals surface area (Å²) in [6.07, 6.45) is 1.08. The van der Waals surface area contributed by atoms with Gasteiger partial charge in [0.2, 0.25) is 5.91 Å². The zero-order valence-corrected chi connectivity index (χ0v) is 13.3. The molecule has 1 saturated carbocycles. The molecule has 3 atom stereocenters. The van der Waals surface area contributed by atoms with E-state index in [0.29, 0.717) is 13.0 Å². The second-order valence-corrected chi connectivity index (χ2v) is 5.84. The van der Waals surface area contributed by atoms with Crippen molar-refractivity contribution in [1.29, 1.82) is 0 Å². The Morgan fingerprint density at radius 2 is 2.09 bits per heavy atom. The first-order chi connectivity index (χ1) is 11.1. The first kappa shape index (κ1) is 15.7. The number of hydrogen-bond donors (Lipinski definition) is 2. The fourth-order valence-electron chi connectivity index (χ4n) is 2.87. The largest absolute Gasteiger partial charge is 0.369 e. The van der Waals surface area contributed by atoms with E-state index in [1.807, 2.05) is 38.1 Å². The van der Waals surface area contributed by atoms with Crippen molar-refractivity contribution in [3.05, 3.63) is 29.8 Å². The quantitative estimate of drug-likeness (QED) is 0.841. The van der Waals surface area contributed by atoms with Crippen LogP contribution in [0, 0.1) is 11.8 Å². The van der Waals surface area contributed by atoms with E-state index in [1.54, 1.807) is 0 Å². The van der Waals surface area contributed by atoms with Gasteiger partial charge >= 0.3 is 0 Å². The molecule has 0 bridgehead atoms. The number of hydrogen-bond acceptors (Lipinski definition) is 4. The van der Waals surface area contributed by atoms with Crippen molar-refractivity contribution in [2.45, 2.75) is 32.8 Å². The van der Waals surface area contributed by atoms with Crippen LogP contribution in [0.1, 0.15) is 32.3 Å². The van der Waals surface area contributed by atoms with Gasteiger partial charge < -0.3 is 10.1 Å². The number of nitrogens with one attached hydrogen (secondary N) is 2. The molecule has 1 aliphatic carbocycles. The van der Waals surface area contributed by atoms with Crippen molar-refractivity contribution in [2.24, 2.45) is 16.9 Å². The number of fused-ring (bicyclic) bond motifs is 1. The van der Waals surface area contributed by atoms with Crippen LogP contribution in [-0.4, -0.2) is 30.2 Å². The van der Waals surface area contributed by atoms with E-state index in [-0.39, 0.29) is 23.7 Å². The predicted octanol–water partition coefficient (Wildman–Crippen LogP) is 1.91. The molecule has 0 radical (unpaired) electrons. The van der Waals surface area contributed by atoms with Gasteiger partial charge in [0.05, 0.1) is 5.71 Å². The second-order valence-electron chi connectivity index (χ2n) is 5.84. The minimum atomic E-state index is -0.426. The Labute approximate surface area is 135 Å². The van der Waals surface area contributed by atoms with E-state index in [4.69, 9.17) is 4.74 Å². The van der Waals surface area contributed by atoms with Gasteiger partial charge in [0.15, 0.2) is 0 Å². The summed E-state index contributed by atoms with van der Waals surface area (Å²) in [7, 11) is 0.